The molecule has 0 radical (unpaired) electrons. The van der Waals surface area contributed by atoms with Crippen LogP contribution in [0.15, 0.2) is 21.1 Å². The maximum Gasteiger partial charge on any atom is 0.137 e. The molecule has 0 saturated heterocycles. The van der Waals surface area contributed by atoms with Crippen LogP contribution in [0, 0.1) is 0 Å². The zero-order valence-corrected chi connectivity index (χ0v) is 13.6. The quantitative estimate of drug-likeness (QED) is 0.815. The standard InChI is InChI=1S/C12H17Br2NO2/c1-12(2,3)17-15-7-8-5-9(13)6-10(14)11(8)16-4/h5-6,15H,7H2,1-4H3. The molecule has 5 heteroatoms. The summed E-state index contributed by atoms with van der Waals surface area (Å²) in [5.74, 6) is 0.818. The summed E-state index contributed by atoms with van der Waals surface area (Å²) >= 11 is 6.92. The van der Waals surface area contributed by atoms with Crippen molar-refractivity contribution in [2.75, 3.05) is 7.11 Å². The molecule has 0 fully saturated rings. The van der Waals surface area contributed by atoms with Crippen LogP contribution < -0.4 is 10.2 Å². The van der Waals surface area contributed by atoms with Gasteiger partial charge < -0.3 is 4.74 Å². The predicted octanol–water partition coefficient (Wildman–Crippen LogP) is 4.04. The maximum absolute atomic E-state index is 5.48. The smallest absolute Gasteiger partial charge is 0.137 e. The van der Waals surface area contributed by atoms with E-state index in [1.165, 1.54) is 0 Å². The van der Waals surface area contributed by atoms with Crippen LogP contribution in [0.1, 0.15) is 26.3 Å². The zero-order valence-electron chi connectivity index (χ0n) is 10.4. The highest BCUT2D eigenvalue weighted by atomic mass is 79.9. The first kappa shape index (κ1) is 15.0. The molecule has 0 aliphatic carbocycles. The SMILES string of the molecule is COc1c(Br)cc(Br)cc1CNOC(C)(C)C. The van der Waals surface area contributed by atoms with Crippen LogP contribution in [0.25, 0.3) is 0 Å². The van der Waals surface area contributed by atoms with E-state index < -0.39 is 0 Å². The molecular weight excluding hydrogens is 350 g/mol. The third kappa shape index (κ3) is 4.95. The normalized spacial score (nSPS) is 11.6. The summed E-state index contributed by atoms with van der Waals surface area (Å²) in [5, 5.41) is 0. The number of hydroxylamine groups is 1. The first-order chi connectivity index (χ1) is 7.83. The van der Waals surface area contributed by atoms with Crippen LogP contribution in [0.2, 0.25) is 0 Å². The van der Waals surface area contributed by atoms with Crippen molar-refractivity contribution in [3.05, 3.63) is 26.6 Å². The molecule has 1 rings (SSSR count). The summed E-state index contributed by atoms with van der Waals surface area (Å²) in [6.07, 6.45) is 0. The van der Waals surface area contributed by atoms with Gasteiger partial charge in [0.2, 0.25) is 0 Å². The third-order valence-corrected chi connectivity index (χ3v) is 2.98. The Bertz CT molecular complexity index is 389. The first-order valence-electron chi connectivity index (χ1n) is 5.26. The summed E-state index contributed by atoms with van der Waals surface area (Å²) in [4.78, 5) is 5.48. The lowest BCUT2D eigenvalue weighted by Crippen LogP contribution is -2.28. The summed E-state index contributed by atoms with van der Waals surface area (Å²) < 4.78 is 7.27. The lowest BCUT2D eigenvalue weighted by Gasteiger charge is -2.20. The average molecular weight is 367 g/mol. The molecule has 17 heavy (non-hydrogen) atoms. The van der Waals surface area contributed by atoms with E-state index >= 15 is 0 Å². The second-order valence-corrected chi connectivity index (χ2v) is 6.39. The average Bonchev–Trinajstić information content (AvgIpc) is 2.14. The van der Waals surface area contributed by atoms with Gasteiger partial charge in [0.25, 0.3) is 0 Å². The van der Waals surface area contributed by atoms with Gasteiger partial charge in [0.05, 0.1) is 17.2 Å². The topological polar surface area (TPSA) is 30.5 Å². The summed E-state index contributed by atoms with van der Waals surface area (Å²) in [6, 6.07) is 3.95. The third-order valence-electron chi connectivity index (χ3n) is 1.93. The monoisotopic (exact) mass is 365 g/mol. The molecule has 0 aromatic heterocycles. The fraction of sp³-hybridized carbons (Fsp3) is 0.500. The molecule has 0 spiro atoms. The van der Waals surface area contributed by atoms with Crippen LogP contribution in [-0.2, 0) is 11.4 Å². The second kappa shape index (κ2) is 6.18. The second-order valence-electron chi connectivity index (χ2n) is 4.62. The van der Waals surface area contributed by atoms with Gasteiger partial charge in [0.15, 0.2) is 0 Å². The minimum Gasteiger partial charge on any atom is -0.495 e. The van der Waals surface area contributed by atoms with Crippen LogP contribution in [0.3, 0.4) is 0 Å². The van der Waals surface area contributed by atoms with Crippen LogP contribution >= 0.6 is 31.9 Å². The van der Waals surface area contributed by atoms with E-state index in [-0.39, 0.29) is 5.60 Å². The number of rotatable bonds is 4. The number of ether oxygens (including phenoxy) is 1. The van der Waals surface area contributed by atoms with Gasteiger partial charge in [0.1, 0.15) is 5.75 Å². The molecule has 0 aliphatic heterocycles. The number of benzene rings is 1. The molecular formula is C12H17Br2NO2. The minimum atomic E-state index is -0.212. The molecule has 1 N–H and O–H groups in total. The highest BCUT2D eigenvalue weighted by molar-refractivity contribution is 9.11. The molecule has 0 unspecified atom stereocenters. The van der Waals surface area contributed by atoms with Crippen molar-refractivity contribution in [1.29, 1.82) is 0 Å². The summed E-state index contributed by atoms with van der Waals surface area (Å²) in [7, 11) is 1.65. The molecule has 0 amide bonds. The number of halogens is 2. The molecule has 0 atom stereocenters. The van der Waals surface area contributed by atoms with Gasteiger partial charge in [-0.05, 0) is 48.8 Å². The van der Waals surface area contributed by atoms with Gasteiger partial charge in [-0.15, -0.1) is 0 Å². The van der Waals surface area contributed by atoms with Crippen molar-refractivity contribution >= 4 is 31.9 Å². The van der Waals surface area contributed by atoms with E-state index in [4.69, 9.17) is 9.57 Å². The predicted molar refractivity (Wildman–Crippen MR) is 76.1 cm³/mol. The fourth-order valence-electron chi connectivity index (χ4n) is 1.30. The van der Waals surface area contributed by atoms with Gasteiger partial charge in [-0.2, -0.15) is 5.48 Å². The molecule has 1 aromatic rings. The highest BCUT2D eigenvalue weighted by Gasteiger charge is 2.12. The van der Waals surface area contributed by atoms with Crippen molar-refractivity contribution in [1.82, 2.24) is 5.48 Å². The molecule has 1 aromatic carbocycles. The Kier molecular flexibility index (Phi) is 5.44. The number of hydrogen-bond donors (Lipinski definition) is 1. The Hall–Kier alpha value is -0.100. The van der Waals surface area contributed by atoms with Gasteiger partial charge in [-0.1, -0.05) is 15.9 Å². The lowest BCUT2D eigenvalue weighted by atomic mass is 10.2. The van der Waals surface area contributed by atoms with Crippen molar-refractivity contribution in [3.8, 4) is 5.75 Å². The highest BCUT2D eigenvalue weighted by Crippen LogP contribution is 2.32. The minimum absolute atomic E-state index is 0.212. The molecule has 3 nitrogen and oxygen atoms in total. The fourth-order valence-corrected chi connectivity index (χ4v) is 2.78. The van der Waals surface area contributed by atoms with E-state index in [2.05, 4.69) is 37.3 Å². The van der Waals surface area contributed by atoms with E-state index in [1.54, 1.807) is 7.11 Å². The molecule has 0 aliphatic rings. The van der Waals surface area contributed by atoms with E-state index in [9.17, 15) is 0 Å². The summed E-state index contributed by atoms with van der Waals surface area (Å²) in [6.45, 7) is 6.56. The van der Waals surface area contributed by atoms with Gasteiger partial charge in [0, 0.05) is 16.6 Å². The van der Waals surface area contributed by atoms with E-state index in [0.717, 1.165) is 20.3 Å². The Morgan fingerprint density at radius 1 is 1.24 bits per heavy atom. The van der Waals surface area contributed by atoms with Crippen molar-refractivity contribution in [3.63, 3.8) is 0 Å². The lowest BCUT2D eigenvalue weighted by molar-refractivity contribution is -0.0759. The zero-order chi connectivity index (χ0) is 13.1. The number of hydrogen-bond acceptors (Lipinski definition) is 3. The van der Waals surface area contributed by atoms with Crippen molar-refractivity contribution < 1.29 is 9.57 Å². The van der Waals surface area contributed by atoms with E-state index in [0.29, 0.717) is 6.54 Å². The molecule has 96 valence electrons. The van der Waals surface area contributed by atoms with E-state index in [1.807, 2.05) is 32.9 Å². The van der Waals surface area contributed by atoms with Crippen LogP contribution in [0.5, 0.6) is 5.75 Å². The Morgan fingerprint density at radius 2 is 1.88 bits per heavy atom. The van der Waals surface area contributed by atoms with Crippen molar-refractivity contribution in [2.45, 2.75) is 32.9 Å². The number of nitrogens with one attached hydrogen (secondary N) is 1. The molecule has 0 saturated carbocycles. The molecule has 0 bridgehead atoms. The number of methoxy groups -OCH3 is 1. The van der Waals surface area contributed by atoms with Crippen LogP contribution in [0.4, 0.5) is 0 Å². The largest absolute Gasteiger partial charge is 0.495 e. The first-order valence-corrected chi connectivity index (χ1v) is 6.85. The van der Waals surface area contributed by atoms with Gasteiger partial charge >= 0.3 is 0 Å². The summed E-state index contributed by atoms with van der Waals surface area (Å²) in [5.41, 5.74) is 3.76. The van der Waals surface area contributed by atoms with Gasteiger partial charge in [-0.25, -0.2) is 0 Å². The maximum atomic E-state index is 5.48. The Balaban J connectivity index is 2.76. The Labute approximate surface area is 119 Å². The van der Waals surface area contributed by atoms with Crippen LogP contribution in [-0.4, -0.2) is 12.7 Å². The Morgan fingerprint density at radius 3 is 2.41 bits per heavy atom. The van der Waals surface area contributed by atoms with Crippen molar-refractivity contribution in [2.24, 2.45) is 0 Å². The molecule has 0 heterocycles. The van der Waals surface area contributed by atoms with Gasteiger partial charge in [-0.3, -0.25) is 4.84 Å².